The molecule has 7 heteroatoms. The fourth-order valence-electron chi connectivity index (χ4n) is 2.93. The Morgan fingerprint density at radius 3 is 2.57 bits per heavy atom. The average Bonchev–Trinajstić information content (AvgIpc) is 2.72. The van der Waals surface area contributed by atoms with Crippen LogP contribution in [0.2, 0.25) is 0 Å². The van der Waals surface area contributed by atoms with E-state index >= 15 is 0 Å². The molecule has 1 aromatic carbocycles. The molecule has 1 aliphatic carbocycles. The zero-order valence-corrected chi connectivity index (χ0v) is 12.3. The minimum absolute atomic E-state index is 0.00446. The van der Waals surface area contributed by atoms with E-state index in [1.165, 1.54) is 25.1 Å². The summed E-state index contributed by atoms with van der Waals surface area (Å²) >= 11 is 0. The number of imide groups is 1. The summed E-state index contributed by atoms with van der Waals surface area (Å²) in [4.78, 5) is 60.5. The van der Waals surface area contributed by atoms with Gasteiger partial charge in [0.25, 0.3) is 11.8 Å². The lowest BCUT2D eigenvalue weighted by atomic mass is 9.92. The smallest absolute Gasteiger partial charge is 0.308 e. The number of amides is 2. The first kappa shape index (κ1) is 15.1. The molecule has 23 heavy (non-hydrogen) atoms. The van der Waals surface area contributed by atoms with Gasteiger partial charge in [0.15, 0.2) is 5.78 Å². The van der Waals surface area contributed by atoms with Crippen LogP contribution in [0.1, 0.15) is 46.9 Å². The summed E-state index contributed by atoms with van der Waals surface area (Å²) in [6.07, 6.45) is 0.0154. The second-order valence-electron chi connectivity index (χ2n) is 5.49. The van der Waals surface area contributed by atoms with Crippen LogP contribution in [0.5, 0.6) is 5.75 Å². The van der Waals surface area contributed by atoms with Gasteiger partial charge in [-0.3, -0.25) is 28.9 Å². The van der Waals surface area contributed by atoms with Gasteiger partial charge in [0.05, 0.1) is 23.6 Å². The van der Waals surface area contributed by atoms with E-state index < -0.39 is 29.6 Å². The molecule has 1 aromatic rings. The number of ether oxygens (including phenoxy) is 1. The van der Waals surface area contributed by atoms with E-state index in [0.29, 0.717) is 0 Å². The number of hydrogen-bond donors (Lipinski definition) is 0. The number of benzene rings is 1. The molecule has 2 amide bonds. The van der Waals surface area contributed by atoms with Crippen LogP contribution in [0.3, 0.4) is 0 Å². The monoisotopic (exact) mass is 315 g/mol. The van der Waals surface area contributed by atoms with E-state index in [-0.39, 0.29) is 41.9 Å². The van der Waals surface area contributed by atoms with Crippen molar-refractivity contribution in [3.8, 4) is 5.75 Å². The number of fused-ring (bicyclic) bond motifs is 1. The summed E-state index contributed by atoms with van der Waals surface area (Å²) in [5.41, 5.74) is 0.0795. The Hall–Kier alpha value is -2.83. The van der Waals surface area contributed by atoms with Gasteiger partial charge in [-0.15, -0.1) is 0 Å². The summed E-state index contributed by atoms with van der Waals surface area (Å²) in [6, 6.07) is 3.42. The number of rotatable bonds is 2. The number of Topliss-reactive ketones (excluding diaryl/α,β-unsaturated/α-hetero) is 2. The zero-order valence-electron chi connectivity index (χ0n) is 12.3. The predicted molar refractivity (Wildman–Crippen MR) is 75.9 cm³/mol. The highest BCUT2D eigenvalue weighted by Gasteiger charge is 2.45. The lowest BCUT2D eigenvalue weighted by Crippen LogP contribution is -2.47. The van der Waals surface area contributed by atoms with Crippen LogP contribution in [0.25, 0.3) is 0 Å². The zero-order chi connectivity index (χ0) is 16.7. The molecular formula is C16H13NO6. The molecule has 1 fully saturated rings. The first-order chi connectivity index (χ1) is 10.9. The van der Waals surface area contributed by atoms with Crippen LogP contribution in [-0.2, 0) is 14.4 Å². The molecule has 0 aromatic heterocycles. The number of nitrogens with zero attached hydrogens (tertiary/aromatic N) is 1. The maximum atomic E-state index is 12.6. The molecule has 0 bridgehead atoms. The Balaban J connectivity index is 1.99. The van der Waals surface area contributed by atoms with Gasteiger partial charge in [-0.1, -0.05) is 6.07 Å². The van der Waals surface area contributed by atoms with Crippen molar-refractivity contribution in [1.82, 2.24) is 4.90 Å². The molecule has 2 aliphatic rings. The number of carbonyl (C=O) groups excluding carboxylic acids is 5. The molecule has 0 radical (unpaired) electrons. The molecule has 7 nitrogen and oxygen atoms in total. The Bertz CT molecular complexity index is 766. The quantitative estimate of drug-likeness (QED) is 0.348. The van der Waals surface area contributed by atoms with E-state index in [2.05, 4.69) is 0 Å². The fraction of sp³-hybridized carbons (Fsp3) is 0.312. The van der Waals surface area contributed by atoms with Gasteiger partial charge in [-0.25, -0.2) is 0 Å². The van der Waals surface area contributed by atoms with Crippen molar-refractivity contribution in [2.45, 2.75) is 32.2 Å². The van der Waals surface area contributed by atoms with Gasteiger partial charge in [0.2, 0.25) is 0 Å². The summed E-state index contributed by atoms with van der Waals surface area (Å²) in [5.74, 6) is -2.53. The number of ketones is 2. The lowest BCUT2D eigenvalue weighted by Gasteiger charge is -2.27. The fourth-order valence-corrected chi connectivity index (χ4v) is 2.93. The summed E-state index contributed by atoms with van der Waals surface area (Å²) < 4.78 is 4.98. The first-order valence-corrected chi connectivity index (χ1v) is 7.14. The Kier molecular flexibility index (Phi) is 3.55. The summed E-state index contributed by atoms with van der Waals surface area (Å²) in [5, 5.41) is 0. The van der Waals surface area contributed by atoms with Crippen molar-refractivity contribution in [3.63, 3.8) is 0 Å². The van der Waals surface area contributed by atoms with Gasteiger partial charge in [0.1, 0.15) is 11.5 Å². The molecule has 3 rings (SSSR count). The third-order valence-corrected chi connectivity index (χ3v) is 3.91. The molecule has 118 valence electrons. The van der Waals surface area contributed by atoms with E-state index in [0.717, 1.165) is 4.90 Å². The Labute approximate surface area is 131 Å². The molecule has 0 spiro atoms. The van der Waals surface area contributed by atoms with Crippen LogP contribution in [0.15, 0.2) is 18.2 Å². The van der Waals surface area contributed by atoms with E-state index in [1.54, 1.807) is 0 Å². The molecule has 1 atom stereocenters. The lowest BCUT2D eigenvalue weighted by molar-refractivity contribution is -0.133. The Morgan fingerprint density at radius 2 is 1.91 bits per heavy atom. The second kappa shape index (κ2) is 5.42. The van der Waals surface area contributed by atoms with E-state index in [1.807, 2.05) is 0 Å². The minimum atomic E-state index is -0.940. The van der Waals surface area contributed by atoms with Gasteiger partial charge >= 0.3 is 5.97 Å². The normalized spacial score (nSPS) is 20.7. The molecule has 1 unspecified atom stereocenters. The van der Waals surface area contributed by atoms with Crippen LogP contribution in [0.4, 0.5) is 0 Å². The number of esters is 1. The van der Waals surface area contributed by atoms with Crippen molar-refractivity contribution in [2.24, 2.45) is 0 Å². The van der Waals surface area contributed by atoms with Crippen molar-refractivity contribution in [3.05, 3.63) is 29.3 Å². The second-order valence-corrected chi connectivity index (χ2v) is 5.49. The maximum Gasteiger partial charge on any atom is 0.308 e. The van der Waals surface area contributed by atoms with Crippen molar-refractivity contribution < 1.29 is 28.7 Å². The van der Waals surface area contributed by atoms with Gasteiger partial charge in [-0.2, -0.15) is 0 Å². The molecular weight excluding hydrogens is 302 g/mol. The molecule has 1 heterocycles. The minimum Gasteiger partial charge on any atom is -0.426 e. The van der Waals surface area contributed by atoms with Crippen molar-refractivity contribution in [2.75, 3.05) is 0 Å². The Morgan fingerprint density at radius 1 is 1.17 bits per heavy atom. The van der Waals surface area contributed by atoms with Crippen LogP contribution in [0, 0.1) is 0 Å². The highest BCUT2D eigenvalue weighted by molar-refractivity contribution is 6.24. The van der Waals surface area contributed by atoms with Gasteiger partial charge in [0, 0.05) is 13.3 Å². The average molecular weight is 315 g/mol. The summed E-state index contributed by atoms with van der Waals surface area (Å²) in [6.45, 7) is 1.19. The van der Waals surface area contributed by atoms with Crippen LogP contribution >= 0.6 is 0 Å². The third-order valence-electron chi connectivity index (χ3n) is 3.91. The first-order valence-electron chi connectivity index (χ1n) is 7.14. The number of carbonyl (C=O) groups is 5. The standard InChI is InChI=1S/C16H13NO6/c1-8(18)23-13-4-2-3-10-14(13)16(22)17(15(10)21)11-6-5-9(19)7-12(11)20/h2-4,11H,5-7H2,1H3. The van der Waals surface area contributed by atoms with Crippen molar-refractivity contribution >= 4 is 29.4 Å². The summed E-state index contributed by atoms with van der Waals surface area (Å²) in [7, 11) is 0. The van der Waals surface area contributed by atoms with E-state index in [4.69, 9.17) is 4.74 Å². The highest BCUT2D eigenvalue weighted by atomic mass is 16.5. The molecule has 0 saturated heterocycles. The van der Waals surface area contributed by atoms with Crippen molar-refractivity contribution in [1.29, 1.82) is 0 Å². The maximum absolute atomic E-state index is 12.6. The SMILES string of the molecule is CC(=O)Oc1cccc2c1C(=O)N(C1CCC(=O)CC1=O)C2=O. The van der Waals surface area contributed by atoms with Gasteiger partial charge < -0.3 is 4.74 Å². The van der Waals surface area contributed by atoms with Crippen LogP contribution in [-0.4, -0.2) is 40.3 Å². The molecule has 1 saturated carbocycles. The topological polar surface area (TPSA) is 97.8 Å². The number of hydrogen-bond acceptors (Lipinski definition) is 6. The highest BCUT2D eigenvalue weighted by Crippen LogP contribution is 2.34. The third kappa shape index (κ3) is 2.44. The van der Waals surface area contributed by atoms with Gasteiger partial charge in [-0.05, 0) is 18.6 Å². The molecule has 0 N–H and O–H groups in total. The molecule has 1 aliphatic heterocycles. The predicted octanol–water partition coefficient (Wildman–Crippen LogP) is 0.899. The van der Waals surface area contributed by atoms with Crippen LogP contribution < -0.4 is 4.74 Å². The largest absolute Gasteiger partial charge is 0.426 e. The van der Waals surface area contributed by atoms with E-state index in [9.17, 15) is 24.0 Å².